The molecule has 2 nitrogen and oxygen atoms in total. The van der Waals surface area contributed by atoms with Gasteiger partial charge in [0.05, 0.1) is 23.6 Å². The van der Waals surface area contributed by atoms with Crippen molar-refractivity contribution in [3.63, 3.8) is 0 Å². The molecule has 0 bridgehead atoms. The molecule has 0 saturated carbocycles. The molecule has 78 valence electrons. The normalized spacial score (nSPS) is 10.0. The highest BCUT2D eigenvalue weighted by atomic mass is 79.9. The van der Waals surface area contributed by atoms with Crippen molar-refractivity contribution >= 4 is 27.7 Å². The first-order chi connectivity index (χ1) is 6.74. The van der Waals surface area contributed by atoms with Crippen LogP contribution in [-0.4, -0.2) is 20.0 Å². The summed E-state index contributed by atoms with van der Waals surface area (Å²) in [5.41, 5.74) is 0. The van der Waals surface area contributed by atoms with E-state index in [1.807, 2.05) is 12.1 Å². The number of hydrogen-bond acceptors (Lipinski definition) is 3. The lowest BCUT2D eigenvalue weighted by molar-refractivity contribution is 0.374. The molecule has 0 spiro atoms. The summed E-state index contributed by atoms with van der Waals surface area (Å²) in [6.45, 7) is 2.10. The fraction of sp³-hybridized carbons (Fsp3) is 0.400. The summed E-state index contributed by atoms with van der Waals surface area (Å²) >= 11 is 5.16. The lowest BCUT2D eigenvalue weighted by Gasteiger charge is -2.13. The number of hydrogen-bond donors (Lipinski definition) is 0. The van der Waals surface area contributed by atoms with Crippen molar-refractivity contribution < 1.29 is 9.47 Å². The summed E-state index contributed by atoms with van der Waals surface area (Å²) in [6.07, 6.45) is 0. The SMILES string of the molecule is CCSc1c(OC)ccc(Br)c1OC. The molecule has 0 aliphatic carbocycles. The third kappa shape index (κ3) is 2.36. The van der Waals surface area contributed by atoms with Crippen molar-refractivity contribution in [1.82, 2.24) is 0 Å². The third-order valence-corrected chi connectivity index (χ3v) is 3.33. The van der Waals surface area contributed by atoms with Crippen LogP contribution in [0.15, 0.2) is 21.5 Å². The van der Waals surface area contributed by atoms with E-state index in [0.29, 0.717) is 0 Å². The number of halogens is 1. The van der Waals surface area contributed by atoms with Gasteiger partial charge in [0.1, 0.15) is 11.5 Å². The Balaban J connectivity index is 3.21. The van der Waals surface area contributed by atoms with Crippen LogP contribution in [0.1, 0.15) is 6.92 Å². The molecule has 0 heterocycles. The molecule has 0 aliphatic heterocycles. The summed E-state index contributed by atoms with van der Waals surface area (Å²) in [4.78, 5) is 1.05. The summed E-state index contributed by atoms with van der Waals surface area (Å²) in [5.74, 6) is 2.69. The van der Waals surface area contributed by atoms with Crippen molar-refractivity contribution in [1.29, 1.82) is 0 Å². The van der Waals surface area contributed by atoms with Gasteiger partial charge in [0, 0.05) is 0 Å². The van der Waals surface area contributed by atoms with E-state index in [2.05, 4.69) is 22.9 Å². The van der Waals surface area contributed by atoms with Crippen LogP contribution in [0.25, 0.3) is 0 Å². The predicted octanol–water partition coefficient (Wildman–Crippen LogP) is 3.58. The number of rotatable bonds is 4. The van der Waals surface area contributed by atoms with Gasteiger partial charge in [-0.3, -0.25) is 0 Å². The van der Waals surface area contributed by atoms with E-state index >= 15 is 0 Å². The van der Waals surface area contributed by atoms with E-state index in [0.717, 1.165) is 26.6 Å². The molecule has 0 radical (unpaired) electrons. The molecule has 1 aromatic rings. The van der Waals surface area contributed by atoms with Gasteiger partial charge in [-0.05, 0) is 33.8 Å². The van der Waals surface area contributed by atoms with Crippen LogP contribution in [0.4, 0.5) is 0 Å². The quantitative estimate of drug-likeness (QED) is 0.784. The van der Waals surface area contributed by atoms with Gasteiger partial charge in [-0.2, -0.15) is 0 Å². The number of ether oxygens (including phenoxy) is 2. The van der Waals surface area contributed by atoms with Crippen LogP contribution < -0.4 is 9.47 Å². The van der Waals surface area contributed by atoms with Crippen molar-refractivity contribution in [2.24, 2.45) is 0 Å². The standard InChI is InChI=1S/C10H13BrO2S/c1-4-14-10-8(12-2)6-5-7(11)9(10)13-3/h5-6H,4H2,1-3H3. The Bertz CT molecular complexity index is 315. The minimum atomic E-state index is 0.844. The van der Waals surface area contributed by atoms with E-state index in [9.17, 15) is 0 Å². The zero-order valence-electron chi connectivity index (χ0n) is 8.46. The second-order valence-corrected chi connectivity index (χ2v) is 4.67. The van der Waals surface area contributed by atoms with Gasteiger partial charge in [-0.25, -0.2) is 0 Å². The second-order valence-electron chi connectivity index (χ2n) is 2.55. The first-order valence-corrected chi connectivity index (χ1v) is 6.05. The first kappa shape index (κ1) is 11.7. The highest BCUT2D eigenvalue weighted by molar-refractivity contribution is 9.10. The fourth-order valence-corrected chi connectivity index (χ4v) is 2.68. The van der Waals surface area contributed by atoms with Crippen LogP contribution in [0.2, 0.25) is 0 Å². The molecule has 0 unspecified atom stereocenters. The minimum absolute atomic E-state index is 0.844. The van der Waals surface area contributed by atoms with E-state index in [-0.39, 0.29) is 0 Å². The molecule has 4 heteroatoms. The van der Waals surface area contributed by atoms with E-state index < -0.39 is 0 Å². The van der Waals surface area contributed by atoms with Crippen LogP contribution in [-0.2, 0) is 0 Å². The zero-order chi connectivity index (χ0) is 10.6. The molecular formula is C10H13BrO2S. The molecule has 0 aliphatic rings. The van der Waals surface area contributed by atoms with Gasteiger partial charge in [0.2, 0.25) is 0 Å². The molecule has 1 aromatic carbocycles. The van der Waals surface area contributed by atoms with Gasteiger partial charge >= 0.3 is 0 Å². The van der Waals surface area contributed by atoms with Gasteiger partial charge in [0.15, 0.2) is 0 Å². The molecule has 0 saturated heterocycles. The van der Waals surface area contributed by atoms with Gasteiger partial charge in [-0.15, -0.1) is 11.8 Å². The van der Waals surface area contributed by atoms with Gasteiger partial charge in [-0.1, -0.05) is 6.92 Å². The molecule has 1 rings (SSSR count). The Morgan fingerprint density at radius 1 is 1.29 bits per heavy atom. The van der Waals surface area contributed by atoms with Crippen molar-refractivity contribution in [2.45, 2.75) is 11.8 Å². The van der Waals surface area contributed by atoms with Crippen LogP contribution >= 0.6 is 27.7 Å². The number of benzene rings is 1. The number of methoxy groups -OCH3 is 2. The Morgan fingerprint density at radius 3 is 2.50 bits per heavy atom. The average Bonchev–Trinajstić information content (AvgIpc) is 2.19. The summed E-state index contributed by atoms with van der Waals surface area (Å²) in [6, 6.07) is 3.86. The van der Waals surface area contributed by atoms with E-state index in [4.69, 9.17) is 9.47 Å². The zero-order valence-corrected chi connectivity index (χ0v) is 10.9. The van der Waals surface area contributed by atoms with E-state index in [1.54, 1.807) is 26.0 Å². The fourth-order valence-electron chi connectivity index (χ4n) is 1.15. The predicted molar refractivity (Wildman–Crippen MR) is 63.6 cm³/mol. The Hall–Kier alpha value is -0.350. The lowest BCUT2D eigenvalue weighted by Crippen LogP contribution is -1.92. The molecule has 0 amide bonds. The Kier molecular flexibility index (Phi) is 4.62. The van der Waals surface area contributed by atoms with Gasteiger partial charge < -0.3 is 9.47 Å². The van der Waals surface area contributed by atoms with Crippen LogP contribution in [0.5, 0.6) is 11.5 Å². The summed E-state index contributed by atoms with van der Waals surface area (Å²) < 4.78 is 11.6. The second kappa shape index (κ2) is 5.51. The maximum atomic E-state index is 5.32. The van der Waals surface area contributed by atoms with Crippen molar-refractivity contribution in [3.8, 4) is 11.5 Å². The van der Waals surface area contributed by atoms with Crippen molar-refractivity contribution in [3.05, 3.63) is 16.6 Å². The summed E-state index contributed by atoms with van der Waals surface area (Å²) in [5, 5.41) is 0. The van der Waals surface area contributed by atoms with Crippen molar-refractivity contribution in [2.75, 3.05) is 20.0 Å². The van der Waals surface area contributed by atoms with Gasteiger partial charge in [0.25, 0.3) is 0 Å². The number of thioether (sulfide) groups is 1. The monoisotopic (exact) mass is 276 g/mol. The lowest BCUT2D eigenvalue weighted by atomic mass is 10.3. The van der Waals surface area contributed by atoms with Crippen LogP contribution in [0.3, 0.4) is 0 Å². The maximum absolute atomic E-state index is 5.32. The first-order valence-electron chi connectivity index (χ1n) is 4.27. The smallest absolute Gasteiger partial charge is 0.150 e. The Morgan fingerprint density at radius 2 is 2.00 bits per heavy atom. The maximum Gasteiger partial charge on any atom is 0.150 e. The highest BCUT2D eigenvalue weighted by Gasteiger charge is 2.12. The van der Waals surface area contributed by atoms with E-state index in [1.165, 1.54) is 0 Å². The molecule has 0 atom stereocenters. The topological polar surface area (TPSA) is 18.5 Å². The molecule has 0 N–H and O–H groups in total. The largest absolute Gasteiger partial charge is 0.495 e. The molecule has 0 fully saturated rings. The third-order valence-electron chi connectivity index (χ3n) is 1.74. The molecular weight excluding hydrogens is 264 g/mol. The highest BCUT2D eigenvalue weighted by Crippen LogP contribution is 2.42. The molecule has 0 aromatic heterocycles. The minimum Gasteiger partial charge on any atom is -0.495 e. The molecule has 14 heavy (non-hydrogen) atoms. The summed E-state index contributed by atoms with van der Waals surface area (Å²) in [7, 11) is 3.33. The average molecular weight is 277 g/mol. The van der Waals surface area contributed by atoms with Crippen LogP contribution in [0, 0.1) is 0 Å². The Labute approximate surface area is 97.1 Å².